The molecule has 6 heteroatoms. The van der Waals surface area contributed by atoms with E-state index in [-0.39, 0.29) is 22.7 Å². The minimum absolute atomic E-state index is 0.0618. The largest absolute Gasteiger partial charge is 0.490 e. The van der Waals surface area contributed by atoms with Gasteiger partial charge in [-0.15, -0.1) is 0 Å². The molecule has 3 rings (SSSR count). The van der Waals surface area contributed by atoms with E-state index in [0.29, 0.717) is 30.3 Å². The fourth-order valence-electron chi connectivity index (χ4n) is 2.75. The second kappa shape index (κ2) is 5.83. The van der Waals surface area contributed by atoms with E-state index in [1.807, 2.05) is 0 Å². The lowest BCUT2D eigenvalue weighted by Gasteiger charge is -2.19. The van der Waals surface area contributed by atoms with Crippen LogP contribution in [0.2, 0.25) is 0 Å². The molecule has 1 unspecified atom stereocenters. The Morgan fingerprint density at radius 2 is 2.14 bits per heavy atom. The summed E-state index contributed by atoms with van der Waals surface area (Å²) in [6.07, 6.45) is 2.57. The van der Waals surface area contributed by atoms with E-state index < -0.39 is 11.8 Å². The van der Waals surface area contributed by atoms with Crippen LogP contribution in [0.15, 0.2) is 10.5 Å². The monoisotopic (exact) mass is 358 g/mol. The third-order valence-electron chi connectivity index (χ3n) is 3.93. The maximum Gasteiger partial charge on any atom is 0.303 e. The number of hydrogen-bond acceptors (Lipinski definition) is 3. The van der Waals surface area contributed by atoms with Crippen LogP contribution in [0.4, 0.5) is 4.39 Å². The normalized spacial score (nSPS) is 19.0. The molecule has 1 aliphatic carbocycles. The number of carboxylic acid groups (broad SMARTS) is 1. The Hall–Kier alpha value is -1.30. The van der Waals surface area contributed by atoms with Crippen LogP contribution >= 0.6 is 15.9 Å². The molecule has 0 bridgehead atoms. The molecule has 1 saturated carbocycles. The van der Waals surface area contributed by atoms with Gasteiger partial charge in [-0.3, -0.25) is 4.79 Å². The number of fused-ring (bicyclic) bond motifs is 1. The number of rotatable bonds is 4. The summed E-state index contributed by atoms with van der Waals surface area (Å²) in [4.78, 5) is 11.1. The Bertz CT molecular complexity index is 571. The first-order valence-electron chi connectivity index (χ1n) is 7.07. The molecule has 0 amide bonds. The number of carbonyl (C=O) groups is 1. The molecule has 1 heterocycles. The highest BCUT2D eigenvalue weighted by Crippen LogP contribution is 2.49. The quantitative estimate of drug-likeness (QED) is 0.890. The van der Waals surface area contributed by atoms with Gasteiger partial charge in [0, 0.05) is 12.3 Å². The first-order valence-corrected chi connectivity index (χ1v) is 7.86. The summed E-state index contributed by atoms with van der Waals surface area (Å²) in [5.41, 5.74) is 0.413. The van der Waals surface area contributed by atoms with Crippen molar-refractivity contribution in [3.05, 3.63) is 21.9 Å². The summed E-state index contributed by atoms with van der Waals surface area (Å²) in [7, 11) is 0. The van der Waals surface area contributed by atoms with E-state index in [4.69, 9.17) is 14.6 Å². The zero-order chi connectivity index (χ0) is 15.0. The molecule has 4 nitrogen and oxygen atoms in total. The Labute approximate surface area is 130 Å². The molecule has 1 aromatic carbocycles. The van der Waals surface area contributed by atoms with Crippen molar-refractivity contribution in [2.75, 3.05) is 13.2 Å². The zero-order valence-corrected chi connectivity index (χ0v) is 13.0. The van der Waals surface area contributed by atoms with Crippen molar-refractivity contribution in [3.63, 3.8) is 0 Å². The maximum atomic E-state index is 14.6. The summed E-state index contributed by atoms with van der Waals surface area (Å²) in [5.74, 6) is -0.541. The number of benzene rings is 1. The second-order valence-corrected chi connectivity index (χ2v) is 6.31. The average Bonchev–Trinajstić information content (AvgIpc) is 3.26. The lowest BCUT2D eigenvalue weighted by Crippen LogP contribution is -2.11. The molecule has 114 valence electrons. The smallest absolute Gasteiger partial charge is 0.303 e. The first kappa shape index (κ1) is 14.6. The highest BCUT2D eigenvalue weighted by atomic mass is 79.9. The Kier molecular flexibility index (Phi) is 4.06. The van der Waals surface area contributed by atoms with E-state index in [9.17, 15) is 9.18 Å². The van der Waals surface area contributed by atoms with Gasteiger partial charge in [-0.2, -0.15) is 0 Å². The van der Waals surface area contributed by atoms with Crippen LogP contribution in [-0.4, -0.2) is 24.3 Å². The summed E-state index contributed by atoms with van der Waals surface area (Å²) in [6.45, 7) is 0.989. The molecule has 1 atom stereocenters. The minimum Gasteiger partial charge on any atom is -0.490 e. The predicted octanol–water partition coefficient (Wildman–Crippen LogP) is 3.72. The summed E-state index contributed by atoms with van der Waals surface area (Å²) in [5, 5.41) is 9.08. The van der Waals surface area contributed by atoms with Gasteiger partial charge in [0.05, 0.1) is 24.1 Å². The maximum absolute atomic E-state index is 14.6. The highest BCUT2D eigenvalue weighted by molar-refractivity contribution is 9.10. The van der Waals surface area contributed by atoms with E-state index in [0.717, 1.165) is 19.3 Å². The van der Waals surface area contributed by atoms with E-state index in [1.165, 1.54) is 0 Å². The molecule has 0 radical (unpaired) electrons. The van der Waals surface area contributed by atoms with Crippen LogP contribution < -0.4 is 9.47 Å². The van der Waals surface area contributed by atoms with Gasteiger partial charge in [-0.25, -0.2) is 4.39 Å². The van der Waals surface area contributed by atoms with Gasteiger partial charge >= 0.3 is 5.97 Å². The number of aliphatic carboxylic acids is 1. The number of halogens is 2. The number of ether oxygens (including phenoxy) is 2. The van der Waals surface area contributed by atoms with Crippen molar-refractivity contribution < 1.29 is 23.8 Å². The van der Waals surface area contributed by atoms with E-state index in [2.05, 4.69) is 15.9 Å². The molecule has 1 aliphatic heterocycles. The van der Waals surface area contributed by atoms with Crippen LogP contribution in [0, 0.1) is 11.7 Å². The number of hydrogen-bond donors (Lipinski definition) is 1. The molecule has 1 fully saturated rings. The summed E-state index contributed by atoms with van der Waals surface area (Å²) < 4.78 is 26.0. The van der Waals surface area contributed by atoms with Crippen LogP contribution in [0.3, 0.4) is 0 Å². The van der Waals surface area contributed by atoms with Gasteiger partial charge in [0.15, 0.2) is 11.5 Å². The average molecular weight is 359 g/mol. The van der Waals surface area contributed by atoms with Gasteiger partial charge in [0.25, 0.3) is 0 Å². The topological polar surface area (TPSA) is 55.8 Å². The lowest BCUT2D eigenvalue weighted by atomic mass is 9.90. The predicted molar refractivity (Wildman–Crippen MR) is 77.4 cm³/mol. The van der Waals surface area contributed by atoms with Crippen molar-refractivity contribution in [2.24, 2.45) is 5.92 Å². The van der Waals surface area contributed by atoms with Crippen LogP contribution in [0.1, 0.15) is 37.2 Å². The van der Waals surface area contributed by atoms with Gasteiger partial charge in [0.2, 0.25) is 0 Å². The van der Waals surface area contributed by atoms with Crippen molar-refractivity contribution in [1.82, 2.24) is 0 Å². The second-order valence-electron chi connectivity index (χ2n) is 5.51. The molecule has 1 aromatic rings. The molecule has 1 N–H and O–H groups in total. The Morgan fingerprint density at radius 3 is 2.81 bits per heavy atom. The Morgan fingerprint density at radius 1 is 1.43 bits per heavy atom. The molecule has 21 heavy (non-hydrogen) atoms. The number of carboxylic acids is 1. The molecule has 0 aromatic heterocycles. The van der Waals surface area contributed by atoms with Crippen LogP contribution in [0.5, 0.6) is 11.5 Å². The molecular formula is C15H16BrFO4. The van der Waals surface area contributed by atoms with Crippen LogP contribution in [-0.2, 0) is 4.79 Å². The minimum atomic E-state index is -0.908. The van der Waals surface area contributed by atoms with Gasteiger partial charge in [-0.1, -0.05) is 0 Å². The molecule has 0 saturated heterocycles. The lowest BCUT2D eigenvalue weighted by molar-refractivity contribution is -0.137. The molecular weight excluding hydrogens is 343 g/mol. The standard InChI is InChI=1S/C15H16BrFO4/c16-13-14(17)10(9(7-12(18)19)8-2-3-8)6-11-15(13)21-5-1-4-20-11/h6,8-9H,1-5,7H2,(H,18,19). The van der Waals surface area contributed by atoms with Crippen molar-refractivity contribution in [1.29, 1.82) is 0 Å². The first-order chi connectivity index (χ1) is 10.1. The van der Waals surface area contributed by atoms with Crippen molar-refractivity contribution >= 4 is 21.9 Å². The fourth-order valence-corrected chi connectivity index (χ4v) is 3.29. The Balaban J connectivity index is 2.03. The van der Waals surface area contributed by atoms with Crippen LogP contribution in [0.25, 0.3) is 0 Å². The van der Waals surface area contributed by atoms with E-state index in [1.54, 1.807) is 6.07 Å². The third kappa shape index (κ3) is 3.00. The van der Waals surface area contributed by atoms with Crippen molar-refractivity contribution in [2.45, 2.75) is 31.6 Å². The fraction of sp³-hybridized carbons (Fsp3) is 0.533. The van der Waals surface area contributed by atoms with Gasteiger partial charge < -0.3 is 14.6 Å². The third-order valence-corrected chi connectivity index (χ3v) is 4.64. The summed E-state index contributed by atoms with van der Waals surface area (Å²) >= 11 is 3.23. The van der Waals surface area contributed by atoms with Gasteiger partial charge in [0.1, 0.15) is 5.82 Å². The van der Waals surface area contributed by atoms with E-state index >= 15 is 0 Å². The summed E-state index contributed by atoms with van der Waals surface area (Å²) in [6, 6.07) is 1.62. The highest BCUT2D eigenvalue weighted by Gasteiger charge is 2.37. The molecule has 0 spiro atoms. The SMILES string of the molecule is O=C(O)CC(c1cc2c(c(Br)c1F)OCCCO2)C1CC1. The van der Waals surface area contributed by atoms with Gasteiger partial charge in [-0.05, 0) is 46.3 Å². The van der Waals surface area contributed by atoms with Crippen molar-refractivity contribution in [3.8, 4) is 11.5 Å². The molecule has 2 aliphatic rings. The zero-order valence-electron chi connectivity index (χ0n) is 11.4.